The molecule has 2 rings (SSSR count). The van der Waals surface area contributed by atoms with E-state index in [-0.39, 0.29) is 0 Å². The second kappa shape index (κ2) is 7.16. The third-order valence-electron chi connectivity index (χ3n) is 3.49. The molecule has 0 aliphatic rings. The third-order valence-corrected chi connectivity index (χ3v) is 4.48. The van der Waals surface area contributed by atoms with Gasteiger partial charge in [-0.05, 0) is 55.5 Å². The van der Waals surface area contributed by atoms with Crippen LogP contribution < -0.4 is 5.32 Å². The molecule has 0 aliphatic carbocycles. The van der Waals surface area contributed by atoms with Crippen molar-refractivity contribution in [3.63, 3.8) is 0 Å². The van der Waals surface area contributed by atoms with Crippen LogP contribution >= 0.6 is 23.4 Å². The van der Waals surface area contributed by atoms with Crippen LogP contribution in [0.4, 0.5) is 0 Å². The monoisotopic (exact) mass is 305 g/mol. The standard InChI is InChI=1S/C17H20ClNS/c1-12(14-4-8-16(18)9-5-14)19-13(2)15-6-10-17(20-3)11-7-15/h4-13,19H,1-3H3. The van der Waals surface area contributed by atoms with E-state index in [0.717, 1.165) is 5.02 Å². The van der Waals surface area contributed by atoms with Gasteiger partial charge in [-0.1, -0.05) is 35.9 Å². The molecule has 0 aromatic heterocycles. The summed E-state index contributed by atoms with van der Waals surface area (Å²) in [5.74, 6) is 0. The molecule has 0 saturated heterocycles. The van der Waals surface area contributed by atoms with Crippen molar-refractivity contribution in [3.05, 3.63) is 64.7 Å². The Morgan fingerprint density at radius 3 is 1.75 bits per heavy atom. The fourth-order valence-corrected chi connectivity index (χ4v) is 2.75. The number of hydrogen-bond acceptors (Lipinski definition) is 2. The van der Waals surface area contributed by atoms with E-state index in [2.05, 4.69) is 61.8 Å². The maximum absolute atomic E-state index is 5.92. The first kappa shape index (κ1) is 15.4. The largest absolute Gasteiger partial charge is 0.304 e. The van der Waals surface area contributed by atoms with Gasteiger partial charge >= 0.3 is 0 Å². The molecule has 0 saturated carbocycles. The first-order valence-corrected chi connectivity index (χ1v) is 8.36. The Labute approximate surface area is 130 Å². The van der Waals surface area contributed by atoms with E-state index in [1.807, 2.05) is 12.1 Å². The van der Waals surface area contributed by atoms with Crippen molar-refractivity contribution < 1.29 is 0 Å². The van der Waals surface area contributed by atoms with Gasteiger partial charge in [0.2, 0.25) is 0 Å². The van der Waals surface area contributed by atoms with Gasteiger partial charge in [0.15, 0.2) is 0 Å². The fourth-order valence-electron chi connectivity index (χ4n) is 2.21. The zero-order valence-corrected chi connectivity index (χ0v) is 13.6. The molecular weight excluding hydrogens is 286 g/mol. The van der Waals surface area contributed by atoms with Gasteiger partial charge in [0.05, 0.1) is 0 Å². The second-order valence-electron chi connectivity index (χ2n) is 4.93. The molecule has 106 valence electrons. The molecule has 0 spiro atoms. The van der Waals surface area contributed by atoms with Crippen LogP contribution in [-0.2, 0) is 0 Å². The Kier molecular flexibility index (Phi) is 5.53. The summed E-state index contributed by atoms with van der Waals surface area (Å²) in [5.41, 5.74) is 2.56. The molecular formula is C17H20ClNS. The Morgan fingerprint density at radius 1 is 0.850 bits per heavy atom. The van der Waals surface area contributed by atoms with Crippen molar-refractivity contribution in [2.24, 2.45) is 0 Å². The van der Waals surface area contributed by atoms with Crippen LogP contribution in [-0.4, -0.2) is 6.26 Å². The van der Waals surface area contributed by atoms with Gasteiger partial charge in [0, 0.05) is 22.0 Å². The van der Waals surface area contributed by atoms with Crippen LogP contribution in [0, 0.1) is 0 Å². The minimum absolute atomic E-state index is 0.294. The topological polar surface area (TPSA) is 12.0 Å². The van der Waals surface area contributed by atoms with Crippen molar-refractivity contribution in [2.45, 2.75) is 30.8 Å². The predicted octanol–water partition coefficient (Wildman–Crippen LogP) is 5.47. The van der Waals surface area contributed by atoms with Crippen molar-refractivity contribution in [3.8, 4) is 0 Å². The number of nitrogens with one attached hydrogen (secondary N) is 1. The van der Waals surface area contributed by atoms with Gasteiger partial charge in [-0.15, -0.1) is 11.8 Å². The maximum atomic E-state index is 5.92. The Balaban J connectivity index is 2.02. The molecule has 0 amide bonds. The molecule has 3 heteroatoms. The number of halogens is 1. The van der Waals surface area contributed by atoms with E-state index in [9.17, 15) is 0 Å². The SMILES string of the molecule is CSc1ccc(C(C)NC(C)c2ccc(Cl)cc2)cc1. The van der Waals surface area contributed by atoms with Gasteiger partial charge < -0.3 is 5.32 Å². The molecule has 0 bridgehead atoms. The second-order valence-corrected chi connectivity index (χ2v) is 6.25. The lowest BCUT2D eigenvalue weighted by Gasteiger charge is -2.21. The highest BCUT2D eigenvalue weighted by atomic mass is 35.5. The van der Waals surface area contributed by atoms with Crippen LogP contribution in [0.1, 0.15) is 37.1 Å². The van der Waals surface area contributed by atoms with E-state index in [4.69, 9.17) is 11.6 Å². The number of thioether (sulfide) groups is 1. The molecule has 1 nitrogen and oxygen atoms in total. The zero-order chi connectivity index (χ0) is 14.5. The minimum Gasteiger partial charge on any atom is -0.304 e. The molecule has 2 unspecified atom stereocenters. The number of hydrogen-bond donors (Lipinski definition) is 1. The molecule has 0 aliphatic heterocycles. The lowest BCUT2D eigenvalue weighted by atomic mass is 10.0. The molecule has 0 radical (unpaired) electrons. The van der Waals surface area contributed by atoms with Crippen LogP contribution in [0.3, 0.4) is 0 Å². The molecule has 20 heavy (non-hydrogen) atoms. The van der Waals surface area contributed by atoms with E-state index in [1.165, 1.54) is 16.0 Å². The van der Waals surface area contributed by atoms with Gasteiger partial charge in [-0.2, -0.15) is 0 Å². The fraction of sp³-hybridized carbons (Fsp3) is 0.294. The van der Waals surface area contributed by atoms with Gasteiger partial charge in [-0.3, -0.25) is 0 Å². The number of benzene rings is 2. The van der Waals surface area contributed by atoms with E-state index >= 15 is 0 Å². The summed E-state index contributed by atoms with van der Waals surface area (Å²) in [6.45, 7) is 4.37. The summed E-state index contributed by atoms with van der Waals surface area (Å²) >= 11 is 7.69. The summed E-state index contributed by atoms with van der Waals surface area (Å²) < 4.78 is 0. The average molecular weight is 306 g/mol. The Hall–Kier alpha value is -0.960. The molecule has 2 atom stereocenters. The maximum Gasteiger partial charge on any atom is 0.0406 e. The average Bonchev–Trinajstić information content (AvgIpc) is 2.48. The normalized spacial score (nSPS) is 14.0. The first-order valence-electron chi connectivity index (χ1n) is 6.75. The highest BCUT2D eigenvalue weighted by molar-refractivity contribution is 7.98. The predicted molar refractivity (Wildman–Crippen MR) is 89.6 cm³/mol. The Morgan fingerprint density at radius 2 is 1.30 bits per heavy atom. The molecule has 0 heterocycles. The quantitative estimate of drug-likeness (QED) is 0.735. The summed E-state index contributed by atoms with van der Waals surface area (Å²) in [7, 11) is 0. The van der Waals surface area contributed by atoms with Gasteiger partial charge in [0.25, 0.3) is 0 Å². The summed E-state index contributed by atoms with van der Waals surface area (Å²) in [6.07, 6.45) is 2.10. The Bertz CT molecular complexity index is 536. The summed E-state index contributed by atoms with van der Waals surface area (Å²) in [5, 5.41) is 4.40. The van der Waals surface area contributed by atoms with Crippen LogP contribution in [0.5, 0.6) is 0 Å². The summed E-state index contributed by atoms with van der Waals surface area (Å²) in [6, 6.07) is 17.4. The molecule has 0 fully saturated rings. The third kappa shape index (κ3) is 4.02. The molecule has 2 aromatic carbocycles. The highest BCUT2D eigenvalue weighted by Gasteiger charge is 2.11. The molecule has 2 aromatic rings. The number of rotatable bonds is 5. The highest BCUT2D eigenvalue weighted by Crippen LogP contribution is 2.22. The molecule has 1 N–H and O–H groups in total. The van der Waals surface area contributed by atoms with Crippen LogP contribution in [0.2, 0.25) is 5.02 Å². The first-order chi connectivity index (χ1) is 9.60. The van der Waals surface area contributed by atoms with E-state index in [1.54, 1.807) is 11.8 Å². The zero-order valence-electron chi connectivity index (χ0n) is 12.1. The van der Waals surface area contributed by atoms with Crippen molar-refractivity contribution in [2.75, 3.05) is 6.26 Å². The van der Waals surface area contributed by atoms with Gasteiger partial charge in [0.1, 0.15) is 0 Å². The lowest BCUT2D eigenvalue weighted by molar-refractivity contribution is 0.494. The van der Waals surface area contributed by atoms with Crippen LogP contribution in [0.25, 0.3) is 0 Å². The van der Waals surface area contributed by atoms with E-state index in [0.29, 0.717) is 12.1 Å². The van der Waals surface area contributed by atoms with Gasteiger partial charge in [-0.25, -0.2) is 0 Å². The smallest absolute Gasteiger partial charge is 0.0406 e. The van der Waals surface area contributed by atoms with Crippen molar-refractivity contribution in [1.82, 2.24) is 5.32 Å². The van der Waals surface area contributed by atoms with Crippen molar-refractivity contribution >= 4 is 23.4 Å². The van der Waals surface area contributed by atoms with Crippen LogP contribution in [0.15, 0.2) is 53.4 Å². The van der Waals surface area contributed by atoms with Crippen molar-refractivity contribution in [1.29, 1.82) is 0 Å². The summed E-state index contributed by atoms with van der Waals surface area (Å²) in [4.78, 5) is 1.30. The lowest BCUT2D eigenvalue weighted by Crippen LogP contribution is -2.22. The minimum atomic E-state index is 0.294. The van der Waals surface area contributed by atoms with E-state index < -0.39 is 0 Å².